The molecule has 2 aromatic rings. The molecule has 1 aromatic heterocycles. The van der Waals surface area contributed by atoms with Crippen molar-refractivity contribution in [2.24, 2.45) is 5.73 Å². The van der Waals surface area contributed by atoms with Crippen LogP contribution >= 0.6 is 0 Å². The number of rotatable bonds is 7. The van der Waals surface area contributed by atoms with Crippen LogP contribution in [0.2, 0.25) is 0 Å². The first-order valence-corrected chi connectivity index (χ1v) is 6.37. The molecule has 0 bridgehead atoms. The summed E-state index contributed by atoms with van der Waals surface area (Å²) in [7, 11) is 0. The molecule has 3 heteroatoms. The second-order valence-corrected chi connectivity index (χ2v) is 4.42. The number of benzene rings is 1. The van der Waals surface area contributed by atoms with Crippen LogP contribution in [0.1, 0.15) is 17.7 Å². The fourth-order valence-electron chi connectivity index (χ4n) is 1.99. The minimum atomic E-state index is 0.726. The molecule has 1 aromatic carbocycles. The summed E-state index contributed by atoms with van der Waals surface area (Å²) < 4.78 is 5.41. The summed E-state index contributed by atoms with van der Waals surface area (Å²) in [5.74, 6) is 1.00. The molecule has 96 valence electrons. The van der Waals surface area contributed by atoms with E-state index in [1.807, 2.05) is 18.2 Å². The average Bonchev–Trinajstić information content (AvgIpc) is 2.90. The molecule has 3 nitrogen and oxygen atoms in total. The van der Waals surface area contributed by atoms with E-state index in [9.17, 15) is 0 Å². The Labute approximate surface area is 108 Å². The summed E-state index contributed by atoms with van der Waals surface area (Å²) in [6, 6.07) is 14.4. The molecule has 1 heterocycles. The van der Waals surface area contributed by atoms with Gasteiger partial charge in [-0.25, -0.2) is 0 Å². The van der Waals surface area contributed by atoms with Crippen LogP contribution in [0.25, 0.3) is 0 Å². The lowest BCUT2D eigenvalue weighted by molar-refractivity contribution is 0.234. The van der Waals surface area contributed by atoms with Crippen LogP contribution in [0.5, 0.6) is 0 Å². The van der Waals surface area contributed by atoms with E-state index in [4.69, 9.17) is 10.2 Å². The van der Waals surface area contributed by atoms with Crippen molar-refractivity contribution in [3.63, 3.8) is 0 Å². The Morgan fingerprint density at radius 3 is 2.50 bits per heavy atom. The van der Waals surface area contributed by atoms with Crippen molar-refractivity contribution in [2.75, 3.05) is 13.1 Å². The zero-order valence-electron chi connectivity index (χ0n) is 10.6. The van der Waals surface area contributed by atoms with Gasteiger partial charge in [0.2, 0.25) is 0 Å². The van der Waals surface area contributed by atoms with E-state index in [0.29, 0.717) is 0 Å². The van der Waals surface area contributed by atoms with E-state index in [1.165, 1.54) is 5.56 Å². The van der Waals surface area contributed by atoms with Gasteiger partial charge in [-0.1, -0.05) is 30.3 Å². The third-order valence-electron chi connectivity index (χ3n) is 2.89. The summed E-state index contributed by atoms with van der Waals surface area (Å²) in [5.41, 5.74) is 6.91. The first-order chi connectivity index (χ1) is 8.88. The lowest BCUT2D eigenvalue weighted by atomic mass is 10.2. The van der Waals surface area contributed by atoms with Crippen molar-refractivity contribution >= 4 is 0 Å². The molecule has 0 aliphatic heterocycles. The first kappa shape index (κ1) is 12.9. The molecular weight excluding hydrogens is 224 g/mol. The Morgan fingerprint density at radius 2 is 1.83 bits per heavy atom. The average molecular weight is 244 g/mol. The van der Waals surface area contributed by atoms with Gasteiger partial charge in [0.15, 0.2) is 0 Å². The SMILES string of the molecule is NCCCN(Cc1ccccc1)Cc1ccco1. The van der Waals surface area contributed by atoms with Crippen LogP contribution in [0, 0.1) is 0 Å². The molecule has 0 saturated carbocycles. The van der Waals surface area contributed by atoms with Gasteiger partial charge in [0, 0.05) is 13.1 Å². The normalized spacial score (nSPS) is 11.0. The minimum Gasteiger partial charge on any atom is -0.468 e. The fraction of sp³-hybridized carbons (Fsp3) is 0.333. The highest BCUT2D eigenvalue weighted by atomic mass is 16.3. The van der Waals surface area contributed by atoms with Crippen LogP contribution in [0.15, 0.2) is 53.1 Å². The molecule has 0 amide bonds. The van der Waals surface area contributed by atoms with Crippen LogP contribution in [0.4, 0.5) is 0 Å². The molecule has 2 N–H and O–H groups in total. The molecule has 0 radical (unpaired) electrons. The fourth-order valence-corrected chi connectivity index (χ4v) is 1.99. The van der Waals surface area contributed by atoms with Gasteiger partial charge >= 0.3 is 0 Å². The summed E-state index contributed by atoms with van der Waals surface area (Å²) in [6.07, 6.45) is 2.73. The molecule has 0 atom stereocenters. The number of nitrogens with two attached hydrogens (primary N) is 1. The van der Waals surface area contributed by atoms with Crippen molar-refractivity contribution in [1.29, 1.82) is 0 Å². The van der Waals surface area contributed by atoms with Gasteiger partial charge in [-0.3, -0.25) is 4.90 Å². The lowest BCUT2D eigenvalue weighted by Crippen LogP contribution is -2.25. The maximum atomic E-state index is 5.59. The van der Waals surface area contributed by atoms with Crippen molar-refractivity contribution in [1.82, 2.24) is 4.90 Å². The highest BCUT2D eigenvalue weighted by molar-refractivity contribution is 5.14. The van der Waals surface area contributed by atoms with Gasteiger partial charge in [0.25, 0.3) is 0 Å². The molecule has 0 saturated heterocycles. The highest BCUT2D eigenvalue weighted by Crippen LogP contribution is 2.10. The second-order valence-electron chi connectivity index (χ2n) is 4.42. The van der Waals surface area contributed by atoms with Crippen molar-refractivity contribution in [2.45, 2.75) is 19.5 Å². The highest BCUT2D eigenvalue weighted by Gasteiger charge is 2.08. The van der Waals surface area contributed by atoms with Gasteiger partial charge in [-0.2, -0.15) is 0 Å². The minimum absolute atomic E-state index is 0.726. The second kappa shape index (κ2) is 6.99. The summed E-state index contributed by atoms with van der Waals surface area (Å²) >= 11 is 0. The maximum absolute atomic E-state index is 5.59. The van der Waals surface area contributed by atoms with E-state index in [1.54, 1.807) is 6.26 Å². The first-order valence-electron chi connectivity index (χ1n) is 6.37. The number of furan rings is 1. The Kier molecular flexibility index (Phi) is 5.00. The Morgan fingerprint density at radius 1 is 1.00 bits per heavy atom. The van der Waals surface area contributed by atoms with E-state index < -0.39 is 0 Å². The Bertz CT molecular complexity index is 425. The predicted octanol–water partition coefficient (Wildman–Crippen LogP) is 2.63. The van der Waals surface area contributed by atoms with Gasteiger partial charge < -0.3 is 10.2 Å². The number of hydrogen-bond acceptors (Lipinski definition) is 3. The zero-order valence-corrected chi connectivity index (χ0v) is 10.6. The number of hydrogen-bond donors (Lipinski definition) is 1. The molecule has 0 fully saturated rings. The van der Waals surface area contributed by atoms with Crippen molar-refractivity contribution in [3.05, 3.63) is 60.1 Å². The topological polar surface area (TPSA) is 42.4 Å². The standard InChI is InChI=1S/C15H20N2O/c16-9-5-10-17(13-15-8-4-11-18-15)12-14-6-2-1-3-7-14/h1-4,6-8,11H,5,9-10,12-13,16H2. The Hall–Kier alpha value is -1.58. The molecule has 0 unspecified atom stereocenters. The van der Waals surface area contributed by atoms with Crippen LogP contribution in [0.3, 0.4) is 0 Å². The van der Waals surface area contributed by atoms with Gasteiger partial charge in [0.05, 0.1) is 12.8 Å². The molecule has 0 aliphatic carbocycles. The van der Waals surface area contributed by atoms with Crippen molar-refractivity contribution in [3.8, 4) is 0 Å². The maximum Gasteiger partial charge on any atom is 0.117 e. The molecule has 18 heavy (non-hydrogen) atoms. The summed E-state index contributed by atoms with van der Waals surface area (Å²) in [5, 5.41) is 0. The summed E-state index contributed by atoms with van der Waals surface area (Å²) in [4.78, 5) is 2.36. The molecule has 2 rings (SSSR count). The molecular formula is C15H20N2O. The zero-order chi connectivity index (χ0) is 12.6. The van der Waals surface area contributed by atoms with Gasteiger partial charge in [-0.15, -0.1) is 0 Å². The Balaban J connectivity index is 1.96. The van der Waals surface area contributed by atoms with E-state index in [0.717, 1.165) is 38.4 Å². The molecule has 0 spiro atoms. The molecule has 0 aliphatic rings. The van der Waals surface area contributed by atoms with Crippen LogP contribution < -0.4 is 5.73 Å². The third-order valence-corrected chi connectivity index (χ3v) is 2.89. The predicted molar refractivity (Wildman–Crippen MR) is 72.9 cm³/mol. The van der Waals surface area contributed by atoms with Crippen LogP contribution in [-0.2, 0) is 13.1 Å². The number of nitrogens with zero attached hydrogens (tertiary/aromatic N) is 1. The van der Waals surface area contributed by atoms with Crippen LogP contribution in [-0.4, -0.2) is 18.0 Å². The van der Waals surface area contributed by atoms with Crippen molar-refractivity contribution < 1.29 is 4.42 Å². The third kappa shape index (κ3) is 4.02. The van der Waals surface area contributed by atoms with E-state index in [-0.39, 0.29) is 0 Å². The smallest absolute Gasteiger partial charge is 0.117 e. The monoisotopic (exact) mass is 244 g/mol. The van der Waals surface area contributed by atoms with Gasteiger partial charge in [-0.05, 0) is 30.7 Å². The largest absolute Gasteiger partial charge is 0.468 e. The quantitative estimate of drug-likeness (QED) is 0.814. The summed E-state index contributed by atoms with van der Waals surface area (Å²) in [6.45, 7) is 3.49. The lowest BCUT2D eigenvalue weighted by Gasteiger charge is -2.21. The van der Waals surface area contributed by atoms with Gasteiger partial charge in [0.1, 0.15) is 5.76 Å². The van der Waals surface area contributed by atoms with E-state index >= 15 is 0 Å². The van der Waals surface area contributed by atoms with E-state index in [2.05, 4.69) is 29.2 Å².